The minimum atomic E-state index is -3.13. The molecule has 5 nitrogen and oxygen atoms in total. The molecule has 1 saturated heterocycles. The predicted octanol–water partition coefficient (Wildman–Crippen LogP) is 2.51. The Hall–Kier alpha value is -0.0500. The van der Waals surface area contributed by atoms with Gasteiger partial charge in [0.15, 0.2) is 15.8 Å². The molecule has 1 aliphatic rings. The highest BCUT2D eigenvalue weighted by molar-refractivity contribution is 14.0. The maximum atomic E-state index is 11.8. The molecule has 0 aromatic rings. The average molecular weight is 445 g/mol. The van der Waals surface area contributed by atoms with Crippen LogP contribution in [0.2, 0.25) is 0 Å². The molecule has 1 aliphatic heterocycles. The third-order valence-corrected chi connectivity index (χ3v) is 7.22. The maximum Gasteiger partial charge on any atom is 0.194 e. The standard InChI is InChI=1S/C15H31N3O2S.HI/c1-9-16-12(17-10-14(4,5)21(8,19)20)18-11-13(2,3)15(18,6)7;/h9-11H2,1-8H3,(H,16,17);1H. The number of halogens is 1. The van der Waals surface area contributed by atoms with Gasteiger partial charge in [0.2, 0.25) is 0 Å². The topological polar surface area (TPSA) is 61.8 Å². The predicted molar refractivity (Wildman–Crippen MR) is 105 cm³/mol. The molecule has 0 aliphatic carbocycles. The fraction of sp³-hybridized carbons (Fsp3) is 0.933. The number of sulfone groups is 1. The first-order valence-electron chi connectivity index (χ1n) is 7.52. The van der Waals surface area contributed by atoms with Crippen molar-refractivity contribution in [1.82, 2.24) is 10.2 Å². The highest BCUT2D eigenvalue weighted by Crippen LogP contribution is 2.46. The second kappa shape index (κ2) is 6.83. The van der Waals surface area contributed by atoms with Crippen molar-refractivity contribution in [3.05, 3.63) is 0 Å². The van der Waals surface area contributed by atoms with Gasteiger partial charge in [0.1, 0.15) is 0 Å². The lowest BCUT2D eigenvalue weighted by Gasteiger charge is -2.62. The average Bonchev–Trinajstić information content (AvgIpc) is 2.30. The molecular formula is C15H32IN3O2S. The molecule has 0 spiro atoms. The van der Waals surface area contributed by atoms with Crippen LogP contribution in [0.4, 0.5) is 0 Å². The lowest BCUT2D eigenvalue weighted by molar-refractivity contribution is -0.0667. The third kappa shape index (κ3) is 4.07. The fourth-order valence-corrected chi connectivity index (χ4v) is 2.48. The van der Waals surface area contributed by atoms with Gasteiger partial charge in [0.05, 0.1) is 11.3 Å². The number of hydrogen-bond donors (Lipinski definition) is 1. The molecule has 1 rings (SSSR count). The van der Waals surface area contributed by atoms with Gasteiger partial charge in [-0.15, -0.1) is 24.0 Å². The summed E-state index contributed by atoms with van der Waals surface area (Å²) in [6.45, 7) is 16.3. The van der Waals surface area contributed by atoms with E-state index in [4.69, 9.17) is 0 Å². The minimum absolute atomic E-state index is 0. The van der Waals surface area contributed by atoms with Crippen LogP contribution in [0, 0.1) is 5.41 Å². The van der Waals surface area contributed by atoms with E-state index in [0.717, 1.165) is 19.0 Å². The van der Waals surface area contributed by atoms with Crippen molar-refractivity contribution in [2.75, 3.05) is 25.9 Å². The van der Waals surface area contributed by atoms with Crippen molar-refractivity contribution in [3.63, 3.8) is 0 Å². The van der Waals surface area contributed by atoms with E-state index in [9.17, 15) is 8.42 Å². The maximum absolute atomic E-state index is 11.8. The molecule has 132 valence electrons. The van der Waals surface area contributed by atoms with Crippen LogP contribution in [-0.2, 0) is 9.84 Å². The Kier molecular flexibility index (Phi) is 6.81. The summed E-state index contributed by atoms with van der Waals surface area (Å²) in [5.41, 5.74) is 0.221. The summed E-state index contributed by atoms with van der Waals surface area (Å²) in [6.07, 6.45) is 1.27. The number of nitrogens with zero attached hydrogens (tertiary/aromatic N) is 2. The molecular weight excluding hydrogens is 413 g/mol. The van der Waals surface area contributed by atoms with Crippen LogP contribution in [0.15, 0.2) is 4.99 Å². The van der Waals surface area contributed by atoms with Crippen LogP contribution in [0.5, 0.6) is 0 Å². The van der Waals surface area contributed by atoms with Gasteiger partial charge in [-0.1, -0.05) is 13.8 Å². The van der Waals surface area contributed by atoms with Gasteiger partial charge >= 0.3 is 0 Å². The van der Waals surface area contributed by atoms with Crippen LogP contribution >= 0.6 is 24.0 Å². The molecule has 1 heterocycles. The van der Waals surface area contributed by atoms with E-state index in [-0.39, 0.29) is 41.5 Å². The van der Waals surface area contributed by atoms with Gasteiger partial charge in [-0.3, -0.25) is 4.99 Å². The summed E-state index contributed by atoms with van der Waals surface area (Å²) < 4.78 is 22.8. The Bertz CT molecular complexity index is 525. The quantitative estimate of drug-likeness (QED) is 0.411. The Morgan fingerprint density at radius 2 is 1.77 bits per heavy atom. The zero-order valence-electron chi connectivity index (χ0n) is 15.1. The number of hydrogen-bond acceptors (Lipinski definition) is 3. The lowest BCUT2D eigenvalue weighted by atomic mass is 9.65. The fourth-order valence-electron chi connectivity index (χ4n) is 2.18. The van der Waals surface area contributed by atoms with E-state index < -0.39 is 14.6 Å². The van der Waals surface area contributed by atoms with Gasteiger partial charge in [-0.2, -0.15) is 0 Å². The van der Waals surface area contributed by atoms with E-state index in [1.165, 1.54) is 6.26 Å². The van der Waals surface area contributed by atoms with E-state index in [1.54, 1.807) is 13.8 Å². The largest absolute Gasteiger partial charge is 0.356 e. The molecule has 0 atom stereocenters. The van der Waals surface area contributed by atoms with Crippen molar-refractivity contribution in [3.8, 4) is 0 Å². The molecule has 0 radical (unpaired) electrons. The lowest BCUT2D eigenvalue weighted by Crippen LogP contribution is -2.72. The van der Waals surface area contributed by atoms with Gasteiger partial charge in [-0.05, 0) is 34.6 Å². The van der Waals surface area contributed by atoms with E-state index >= 15 is 0 Å². The molecule has 0 bridgehead atoms. The molecule has 1 fully saturated rings. The summed E-state index contributed by atoms with van der Waals surface area (Å²) in [6, 6.07) is 0. The number of aliphatic imine (C=N–C) groups is 1. The molecule has 0 saturated carbocycles. The van der Waals surface area contributed by atoms with Crippen molar-refractivity contribution in [2.45, 2.75) is 58.8 Å². The summed E-state index contributed by atoms with van der Waals surface area (Å²) in [5, 5.41) is 3.28. The number of rotatable bonds is 4. The van der Waals surface area contributed by atoms with Gasteiger partial charge < -0.3 is 10.2 Å². The van der Waals surface area contributed by atoms with E-state index in [1.807, 2.05) is 6.92 Å². The monoisotopic (exact) mass is 445 g/mol. The minimum Gasteiger partial charge on any atom is -0.356 e. The van der Waals surface area contributed by atoms with Crippen molar-refractivity contribution >= 4 is 39.8 Å². The molecule has 0 aromatic heterocycles. The van der Waals surface area contributed by atoms with Gasteiger partial charge in [0.25, 0.3) is 0 Å². The van der Waals surface area contributed by atoms with Crippen LogP contribution in [0.3, 0.4) is 0 Å². The second-order valence-corrected chi connectivity index (χ2v) is 10.4. The molecule has 0 unspecified atom stereocenters. The molecule has 0 aromatic carbocycles. The Labute approximate surface area is 153 Å². The van der Waals surface area contributed by atoms with Crippen LogP contribution in [-0.4, -0.2) is 55.5 Å². The van der Waals surface area contributed by atoms with Gasteiger partial charge in [0, 0.05) is 30.3 Å². The first-order valence-corrected chi connectivity index (χ1v) is 9.41. The van der Waals surface area contributed by atoms with Crippen molar-refractivity contribution in [2.24, 2.45) is 10.4 Å². The highest BCUT2D eigenvalue weighted by atomic mass is 127. The molecule has 0 amide bonds. The first kappa shape index (κ1) is 21.9. The summed E-state index contributed by atoms with van der Waals surface area (Å²) in [5.74, 6) is 0.804. The number of likely N-dealkylation sites (tertiary alicyclic amines) is 1. The number of guanidine groups is 1. The highest BCUT2D eigenvalue weighted by Gasteiger charge is 2.53. The Morgan fingerprint density at radius 1 is 1.27 bits per heavy atom. The van der Waals surface area contributed by atoms with Crippen LogP contribution < -0.4 is 5.32 Å². The van der Waals surface area contributed by atoms with E-state index in [0.29, 0.717) is 0 Å². The molecule has 7 heteroatoms. The SMILES string of the molecule is CCNC(=NCC(C)(C)S(C)(=O)=O)N1CC(C)(C)C1(C)C.I. The second-order valence-electron chi connectivity index (χ2n) is 7.73. The Morgan fingerprint density at radius 3 is 2.09 bits per heavy atom. The zero-order valence-corrected chi connectivity index (χ0v) is 18.3. The summed E-state index contributed by atoms with van der Waals surface area (Å²) in [4.78, 5) is 6.82. The van der Waals surface area contributed by atoms with E-state index in [2.05, 4.69) is 42.9 Å². The summed E-state index contributed by atoms with van der Waals surface area (Å²) >= 11 is 0. The van der Waals surface area contributed by atoms with Crippen molar-refractivity contribution in [1.29, 1.82) is 0 Å². The number of nitrogens with one attached hydrogen (secondary N) is 1. The van der Waals surface area contributed by atoms with Crippen LogP contribution in [0.1, 0.15) is 48.5 Å². The first-order chi connectivity index (χ1) is 9.26. The van der Waals surface area contributed by atoms with Crippen molar-refractivity contribution < 1.29 is 8.42 Å². The third-order valence-electron chi connectivity index (χ3n) is 5.09. The normalized spacial score (nSPS) is 20.9. The molecule has 1 N–H and O–H groups in total. The summed E-state index contributed by atoms with van der Waals surface area (Å²) in [7, 11) is -3.13. The molecule has 22 heavy (non-hydrogen) atoms. The smallest absolute Gasteiger partial charge is 0.194 e. The van der Waals surface area contributed by atoms with Gasteiger partial charge in [-0.25, -0.2) is 8.42 Å². The Balaban J connectivity index is 0.00000441. The zero-order chi connectivity index (χ0) is 16.7. The van der Waals surface area contributed by atoms with Crippen LogP contribution in [0.25, 0.3) is 0 Å².